The lowest BCUT2D eigenvalue weighted by molar-refractivity contribution is -0.661. The van der Waals surface area contributed by atoms with Gasteiger partial charge in [-0.05, 0) is 54.3 Å². The molecule has 0 aliphatic carbocycles. The van der Waals surface area contributed by atoms with Crippen LogP contribution in [0.3, 0.4) is 0 Å². The van der Waals surface area contributed by atoms with Crippen LogP contribution in [0.1, 0.15) is 20.8 Å². The Morgan fingerprint density at radius 2 is 1.38 bits per heavy atom. The quantitative estimate of drug-likeness (QED) is 0.238. The highest BCUT2D eigenvalue weighted by Gasteiger charge is 2.23. The number of benzene rings is 4. The van der Waals surface area contributed by atoms with Gasteiger partial charge in [0.25, 0.3) is 0 Å². The molecule has 0 aliphatic heterocycles. The Labute approximate surface area is 218 Å². The third-order valence-electron chi connectivity index (χ3n) is 6.83. The van der Waals surface area contributed by atoms with Gasteiger partial charge in [0.15, 0.2) is 5.82 Å². The molecule has 0 saturated carbocycles. The van der Waals surface area contributed by atoms with Crippen molar-refractivity contribution in [2.45, 2.75) is 13.8 Å². The second kappa shape index (κ2) is 8.72. The van der Waals surface area contributed by atoms with E-state index in [1.54, 1.807) is 6.07 Å². The standard InChI is InChI=1S/C33H24FN2O/c1-20-4-7-22(8-5-20)23-9-11-24(12-10-23)31-25(18-35)13-16-28-27-15-6-21(2)30(32(27)37-33(28)31)29-17-14-26(34)19-36(29)3/h4-17,19H,1-3H3/q+1/i14D,17D,19D. The number of aromatic nitrogens is 1. The first-order valence-corrected chi connectivity index (χ1v) is 11.9. The van der Waals surface area contributed by atoms with E-state index in [0.29, 0.717) is 27.9 Å². The summed E-state index contributed by atoms with van der Waals surface area (Å²) in [6.07, 6.45) is -0.482. The summed E-state index contributed by atoms with van der Waals surface area (Å²) in [4.78, 5) is 0. The Morgan fingerprint density at radius 1 is 0.784 bits per heavy atom. The molecule has 2 heterocycles. The van der Waals surface area contributed by atoms with E-state index < -0.39 is 18.0 Å². The van der Waals surface area contributed by atoms with Crippen LogP contribution in [-0.4, -0.2) is 0 Å². The van der Waals surface area contributed by atoms with E-state index in [4.69, 9.17) is 8.53 Å². The Balaban J connectivity index is 1.62. The number of fused-ring (bicyclic) bond motifs is 3. The van der Waals surface area contributed by atoms with E-state index >= 15 is 0 Å². The maximum atomic E-state index is 14.4. The van der Waals surface area contributed by atoms with Gasteiger partial charge >= 0.3 is 0 Å². The monoisotopic (exact) mass is 486 g/mol. The highest BCUT2D eigenvalue weighted by Crippen LogP contribution is 2.42. The molecule has 37 heavy (non-hydrogen) atoms. The minimum atomic E-state index is -1.04. The van der Waals surface area contributed by atoms with Crippen molar-refractivity contribution in [1.29, 1.82) is 5.26 Å². The average Bonchev–Trinajstić information content (AvgIpc) is 3.35. The summed E-state index contributed by atoms with van der Waals surface area (Å²) in [6.45, 7) is 3.90. The van der Waals surface area contributed by atoms with E-state index in [-0.39, 0.29) is 11.7 Å². The smallest absolute Gasteiger partial charge is 0.216 e. The van der Waals surface area contributed by atoms with E-state index in [0.717, 1.165) is 33.0 Å². The Kier molecular flexibility index (Phi) is 4.58. The molecule has 0 N–H and O–H groups in total. The van der Waals surface area contributed by atoms with Crippen molar-refractivity contribution in [2.75, 3.05) is 0 Å². The van der Waals surface area contributed by atoms with Crippen molar-refractivity contribution in [1.82, 2.24) is 0 Å². The third-order valence-corrected chi connectivity index (χ3v) is 6.83. The molecule has 0 spiro atoms. The number of aryl methyl sites for hydroxylation is 2. The molecule has 0 atom stereocenters. The van der Waals surface area contributed by atoms with Gasteiger partial charge in [0.2, 0.25) is 11.9 Å². The first-order valence-electron chi connectivity index (χ1n) is 13.4. The van der Waals surface area contributed by atoms with E-state index in [9.17, 15) is 9.65 Å². The first-order chi connectivity index (χ1) is 19.2. The fourth-order valence-electron chi connectivity index (χ4n) is 4.91. The van der Waals surface area contributed by atoms with Crippen LogP contribution in [0.2, 0.25) is 0 Å². The van der Waals surface area contributed by atoms with Gasteiger partial charge < -0.3 is 4.42 Å². The molecule has 0 radical (unpaired) electrons. The average molecular weight is 487 g/mol. The van der Waals surface area contributed by atoms with E-state index in [2.05, 4.69) is 37.3 Å². The van der Waals surface area contributed by atoms with Crippen molar-refractivity contribution >= 4 is 21.9 Å². The van der Waals surface area contributed by atoms with Crippen LogP contribution < -0.4 is 4.57 Å². The topological polar surface area (TPSA) is 40.8 Å². The predicted molar refractivity (Wildman–Crippen MR) is 145 cm³/mol. The molecule has 0 saturated heterocycles. The Morgan fingerprint density at radius 3 is 2.05 bits per heavy atom. The molecule has 4 aromatic carbocycles. The van der Waals surface area contributed by atoms with Gasteiger partial charge in [-0.2, -0.15) is 9.83 Å². The molecular weight excluding hydrogens is 459 g/mol. The summed E-state index contributed by atoms with van der Waals surface area (Å²) in [5, 5.41) is 11.6. The number of nitrogens with zero attached hydrogens (tertiary/aromatic N) is 2. The highest BCUT2D eigenvalue weighted by atomic mass is 19.1. The van der Waals surface area contributed by atoms with Gasteiger partial charge in [-0.15, -0.1) is 0 Å². The predicted octanol–water partition coefficient (Wildman–Crippen LogP) is 8.04. The molecule has 0 fully saturated rings. The number of nitriles is 1. The number of hydrogen-bond donors (Lipinski definition) is 0. The van der Waals surface area contributed by atoms with Crippen molar-refractivity contribution in [3.8, 4) is 39.6 Å². The van der Waals surface area contributed by atoms with Gasteiger partial charge in [-0.1, -0.05) is 66.2 Å². The van der Waals surface area contributed by atoms with E-state index in [1.807, 2.05) is 49.4 Å². The molecule has 6 rings (SSSR count). The molecule has 6 aromatic rings. The van der Waals surface area contributed by atoms with Gasteiger partial charge in [0.1, 0.15) is 19.6 Å². The normalized spacial score (nSPS) is 12.4. The fraction of sp³-hybridized carbons (Fsp3) is 0.0909. The lowest BCUT2D eigenvalue weighted by atomic mass is 9.94. The van der Waals surface area contributed by atoms with E-state index in [1.165, 1.54) is 17.2 Å². The number of pyridine rings is 1. The van der Waals surface area contributed by atoms with Crippen LogP contribution in [-0.2, 0) is 7.05 Å². The van der Waals surface area contributed by atoms with Crippen LogP contribution in [0.5, 0.6) is 0 Å². The molecule has 0 aliphatic rings. The molecule has 2 aromatic heterocycles. The van der Waals surface area contributed by atoms with Crippen LogP contribution in [0.15, 0.2) is 95.5 Å². The minimum absolute atomic E-state index is 0.225. The van der Waals surface area contributed by atoms with Gasteiger partial charge in [-0.25, -0.2) is 4.39 Å². The van der Waals surface area contributed by atoms with Gasteiger partial charge in [0, 0.05) is 22.4 Å². The second-order valence-electron chi connectivity index (χ2n) is 9.24. The first kappa shape index (κ1) is 19.4. The lowest BCUT2D eigenvalue weighted by Crippen LogP contribution is -2.31. The summed E-state index contributed by atoms with van der Waals surface area (Å²) in [7, 11) is 1.51. The maximum absolute atomic E-state index is 14.4. The third kappa shape index (κ3) is 3.77. The van der Waals surface area contributed by atoms with Gasteiger partial charge in [0.05, 0.1) is 19.9 Å². The summed E-state index contributed by atoms with van der Waals surface area (Å²) in [6, 6.07) is 25.1. The maximum Gasteiger partial charge on any atom is 0.216 e. The second-order valence-corrected chi connectivity index (χ2v) is 9.24. The van der Waals surface area contributed by atoms with Crippen LogP contribution >= 0.6 is 0 Å². The van der Waals surface area contributed by atoms with Crippen molar-refractivity contribution in [3.63, 3.8) is 0 Å². The highest BCUT2D eigenvalue weighted by molar-refractivity contribution is 6.14. The Bertz CT molecular complexity index is 1990. The van der Waals surface area contributed by atoms with Crippen LogP contribution in [0, 0.1) is 31.0 Å². The van der Waals surface area contributed by atoms with Crippen molar-refractivity contribution in [3.05, 3.63) is 114 Å². The number of rotatable bonds is 3. The van der Waals surface area contributed by atoms with Crippen molar-refractivity contribution in [2.24, 2.45) is 7.05 Å². The molecule has 4 heteroatoms. The summed E-state index contributed by atoms with van der Waals surface area (Å²) >= 11 is 0. The zero-order valence-electron chi connectivity index (χ0n) is 23.6. The SMILES string of the molecule is [2H]c1c([2H])c(-c2c(C)ccc3c2oc2c(-c4ccc(-c5ccc(C)cc5)cc4)c(C#N)ccc23)[n+](C)c([2H])c1F. The molecule has 0 amide bonds. The van der Waals surface area contributed by atoms with Crippen LogP contribution in [0.25, 0.3) is 55.4 Å². The summed E-state index contributed by atoms with van der Waals surface area (Å²) in [5.74, 6) is -1.04. The molecule has 0 unspecified atom stereocenters. The largest absolute Gasteiger partial charge is 0.454 e. The zero-order valence-corrected chi connectivity index (χ0v) is 20.6. The Hall–Kier alpha value is -4.75. The number of halogens is 1. The fourth-order valence-corrected chi connectivity index (χ4v) is 4.91. The number of furan rings is 1. The summed E-state index contributed by atoms with van der Waals surface area (Å²) < 4.78 is 47.0. The molecule has 0 bridgehead atoms. The number of hydrogen-bond acceptors (Lipinski definition) is 2. The zero-order chi connectivity index (χ0) is 28.3. The minimum Gasteiger partial charge on any atom is -0.454 e. The van der Waals surface area contributed by atoms with Crippen molar-refractivity contribution < 1.29 is 17.5 Å². The molecule has 3 nitrogen and oxygen atoms in total. The van der Waals surface area contributed by atoms with Gasteiger partial charge in [-0.3, -0.25) is 0 Å². The molecular formula is C33H24FN2O+. The molecule has 178 valence electrons. The van der Waals surface area contributed by atoms with Crippen LogP contribution in [0.4, 0.5) is 4.39 Å². The lowest BCUT2D eigenvalue weighted by Gasteiger charge is -2.08. The summed E-state index contributed by atoms with van der Waals surface area (Å²) in [5.41, 5.74) is 7.77.